The Bertz CT molecular complexity index is 237. The van der Waals surface area contributed by atoms with Gasteiger partial charge in [-0.25, -0.2) is 0 Å². The first-order valence-corrected chi connectivity index (χ1v) is 5.38. The highest BCUT2D eigenvalue weighted by atomic mass is 16.5. The van der Waals surface area contributed by atoms with E-state index in [1.54, 1.807) is 0 Å². The smallest absolute Gasteiger partial charge is 0.305 e. The Morgan fingerprint density at radius 1 is 1.06 bits per heavy atom. The van der Waals surface area contributed by atoms with Gasteiger partial charge in [0, 0.05) is 12.8 Å². The van der Waals surface area contributed by atoms with Crippen molar-refractivity contribution in [3.05, 3.63) is 0 Å². The molecule has 0 saturated heterocycles. The van der Waals surface area contributed by atoms with Crippen molar-refractivity contribution in [1.29, 1.82) is 0 Å². The van der Waals surface area contributed by atoms with Gasteiger partial charge in [0.2, 0.25) is 0 Å². The van der Waals surface area contributed by atoms with Crippen molar-refractivity contribution in [1.82, 2.24) is 0 Å². The van der Waals surface area contributed by atoms with Gasteiger partial charge in [-0.15, -0.1) is 0 Å². The third-order valence-electron chi connectivity index (χ3n) is 3.13. The minimum Gasteiger partial charge on any atom is -0.469 e. The Balaban J connectivity index is 2.52. The lowest BCUT2D eigenvalue weighted by molar-refractivity contribution is -0.145. The fourth-order valence-electron chi connectivity index (χ4n) is 2.27. The molecule has 1 fully saturated rings. The maximum atomic E-state index is 11.2. The van der Waals surface area contributed by atoms with Crippen LogP contribution in [0.2, 0.25) is 0 Å². The molecule has 0 radical (unpaired) electrons. The quantitative estimate of drug-likeness (QED) is 0.712. The van der Waals surface area contributed by atoms with Crippen molar-refractivity contribution in [2.24, 2.45) is 11.8 Å². The highest BCUT2D eigenvalue weighted by molar-refractivity contribution is 5.71. The molecule has 0 unspecified atom stereocenters. The van der Waals surface area contributed by atoms with Gasteiger partial charge < -0.3 is 14.6 Å². The number of aliphatic hydroxyl groups is 1. The standard InChI is InChI=1S/C11H18O5/c1-15-10(13)5-7-3-9(12)4-8(7)6-11(14)16-2/h7-9,12H,3-6H2,1-2H3/t7-,8-/m1/s1. The molecule has 1 saturated carbocycles. The predicted molar refractivity (Wildman–Crippen MR) is 55.5 cm³/mol. The number of carbonyl (C=O) groups is 2. The molecule has 0 aromatic rings. The first-order valence-electron chi connectivity index (χ1n) is 5.38. The second-order valence-electron chi connectivity index (χ2n) is 4.21. The van der Waals surface area contributed by atoms with Crippen molar-refractivity contribution >= 4 is 11.9 Å². The molecule has 5 nitrogen and oxygen atoms in total. The molecule has 0 bridgehead atoms. The van der Waals surface area contributed by atoms with Crippen LogP contribution in [0.5, 0.6) is 0 Å². The van der Waals surface area contributed by atoms with Crippen molar-refractivity contribution in [3.63, 3.8) is 0 Å². The lowest BCUT2D eigenvalue weighted by Gasteiger charge is -2.16. The highest BCUT2D eigenvalue weighted by Gasteiger charge is 2.36. The van der Waals surface area contributed by atoms with E-state index >= 15 is 0 Å². The topological polar surface area (TPSA) is 72.8 Å². The lowest BCUT2D eigenvalue weighted by Crippen LogP contribution is -2.17. The molecule has 0 aromatic carbocycles. The first kappa shape index (κ1) is 13.0. The lowest BCUT2D eigenvalue weighted by atomic mass is 9.90. The fraction of sp³-hybridized carbons (Fsp3) is 0.818. The van der Waals surface area contributed by atoms with Crippen molar-refractivity contribution in [3.8, 4) is 0 Å². The summed E-state index contributed by atoms with van der Waals surface area (Å²) in [6, 6.07) is 0. The van der Waals surface area contributed by atoms with Crippen LogP contribution in [0.25, 0.3) is 0 Å². The molecule has 0 spiro atoms. The molecule has 1 aliphatic carbocycles. The Kier molecular flexibility index (Phi) is 4.73. The van der Waals surface area contributed by atoms with Crippen molar-refractivity contribution in [2.45, 2.75) is 31.8 Å². The van der Waals surface area contributed by atoms with E-state index in [1.165, 1.54) is 14.2 Å². The van der Waals surface area contributed by atoms with Crippen molar-refractivity contribution in [2.75, 3.05) is 14.2 Å². The molecule has 1 rings (SSSR count). The van der Waals surface area contributed by atoms with Crippen LogP contribution < -0.4 is 0 Å². The van der Waals surface area contributed by atoms with Gasteiger partial charge in [-0.05, 0) is 24.7 Å². The van der Waals surface area contributed by atoms with E-state index in [1.807, 2.05) is 0 Å². The van der Waals surface area contributed by atoms with E-state index in [2.05, 4.69) is 9.47 Å². The summed E-state index contributed by atoms with van der Waals surface area (Å²) in [5, 5.41) is 9.54. The Morgan fingerprint density at radius 2 is 1.44 bits per heavy atom. The van der Waals surface area contributed by atoms with Gasteiger partial charge in [-0.1, -0.05) is 0 Å². The van der Waals surface area contributed by atoms with Gasteiger partial charge in [0.25, 0.3) is 0 Å². The van der Waals surface area contributed by atoms with E-state index in [0.29, 0.717) is 12.8 Å². The maximum absolute atomic E-state index is 11.2. The summed E-state index contributed by atoms with van der Waals surface area (Å²) in [5.74, 6) is -0.564. The molecule has 0 amide bonds. The molecular formula is C11H18O5. The third kappa shape index (κ3) is 3.48. The zero-order valence-electron chi connectivity index (χ0n) is 9.64. The van der Waals surface area contributed by atoms with Crippen LogP contribution in [-0.2, 0) is 19.1 Å². The van der Waals surface area contributed by atoms with Crippen LogP contribution in [0.3, 0.4) is 0 Å². The minimum absolute atomic E-state index is 0.0153. The van der Waals surface area contributed by atoms with Gasteiger partial charge in [0.05, 0.1) is 20.3 Å². The zero-order valence-corrected chi connectivity index (χ0v) is 9.64. The summed E-state index contributed by atoms with van der Waals surface area (Å²) < 4.78 is 9.18. The van der Waals surface area contributed by atoms with E-state index in [-0.39, 0.29) is 36.6 Å². The monoisotopic (exact) mass is 230 g/mol. The van der Waals surface area contributed by atoms with Gasteiger partial charge >= 0.3 is 11.9 Å². The zero-order chi connectivity index (χ0) is 12.1. The SMILES string of the molecule is COC(=O)C[C@H]1CC(O)C[C@@H]1CC(=O)OC. The average molecular weight is 230 g/mol. The second-order valence-corrected chi connectivity index (χ2v) is 4.21. The molecule has 16 heavy (non-hydrogen) atoms. The Labute approximate surface area is 94.7 Å². The van der Waals surface area contributed by atoms with Gasteiger partial charge in [0.1, 0.15) is 0 Å². The molecule has 1 aliphatic rings. The number of hydrogen-bond donors (Lipinski definition) is 1. The predicted octanol–water partition coefficient (Wildman–Crippen LogP) is 0.500. The van der Waals surface area contributed by atoms with Crippen molar-refractivity contribution < 1.29 is 24.2 Å². The van der Waals surface area contributed by atoms with Crippen LogP contribution >= 0.6 is 0 Å². The number of hydrogen-bond acceptors (Lipinski definition) is 5. The Morgan fingerprint density at radius 3 is 1.75 bits per heavy atom. The normalized spacial score (nSPS) is 25.4. The number of rotatable bonds is 4. The molecular weight excluding hydrogens is 212 g/mol. The largest absolute Gasteiger partial charge is 0.469 e. The Hall–Kier alpha value is -1.10. The molecule has 1 N–H and O–H groups in total. The first-order chi connectivity index (χ1) is 7.56. The molecule has 92 valence electrons. The van der Waals surface area contributed by atoms with Crippen LogP contribution in [0.15, 0.2) is 0 Å². The number of ether oxygens (including phenoxy) is 2. The van der Waals surface area contributed by atoms with Gasteiger partial charge in [-0.3, -0.25) is 9.59 Å². The van der Waals surface area contributed by atoms with Gasteiger partial charge in [0.15, 0.2) is 0 Å². The summed E-state index contributed by atoms with van der Waals surface area (Å²) in [6.07, 6.45) is 1.20. The van der Waals surface area contributed by atoms with Crippen LogP contribution in [0.1, 0.15) is 25.7 Å². The number of carbonyl (C=O) groups excluding carboxylic acids is 2. The molecule has 0 heterocycles. The molecule has 2 atom stereocenters. The molecule has 5 heteroatoms. The van der Waals surface area contributed by atoms with E-state index in [0.717, 1.165) is 0 Å². The minimum atomic E-state index is -0.427. The summed E-state index contributed by atoms with van der Waals surface area (Å²) >= 11 is 0. The van der Waals surface area contributed by atoms with E-state index < -0.39 is 6.10 Å². The van der Waals surface area contributed by atoms with E-state index in [4.69, 9.17) is 0 Å². The number of aliphatic hydroxyl groups excluding tert-OH is 1. The van der Waals surface area contributed by atoms with Crippen LogP contribution in [0, 0.1) is 11.8 Å². The molecule has 0 aromatic heterocycles. The summed E-state index contributed by atoms with van der Waals surface area (Å²) in [6.45, 7) is 0. The maximum Gasteiger partial charge on any atom is 0.305 e. The molecule has 0 aliphatic heterocycles. The fourth-order valence-corrected chi connectivity index (χ4v) is 2.27. The highest BCUT2D eigenvalue weighted by Crippen LogP contribution is 2.36. The number of esters is 2. The second kappa shape index (κ2) is 5.84. The summed E-state index contributed by atoms with van der Waals surface area (Å²) in [7, 11) is 2.67. The van der Waals surface area contributed by atoms with Crippen LogP contribution in [-0.4, -0.2) is 37.4 Å². The van der Waals surface area contributed by atoms with E-state index in [9.17, 15) is 14.7 Å². The van der Waals surface area contributed by atoms with Gasteiger partial charge in [-0.2, -0.15) is 0 Å². The average Bonchev–Trinajstić information content (AvgIpc) is 2.58. The number of methoxy groups -OCH3 is 2. The van der Waals surface area contributed by atoms with Crippen LogP contribution in [0.4, 0.5) is 0 Å². The summed E-state index contributed by atoms with van der Waals surface area (Å²) in [4.78, 5) is 22.3. The summed E-state index contributed by atoms with van der Waals surface area (Å²) in [5.41, 5.74) is 0. The third-order valence-corrected chi connectivity index (χ3v) is 3.13.